The fourth-order valence-electron chi connectivity index (χ4n) is 4.50. The molecule has 1 aliphatic carbocycles. The summed E-state index contributed by atoms with van der Waals surface area (Å²) in [7, 11) is -2.82. The van der Waals surface area contributed by atoms with E-state index in [1.165, 1.54) is 32.1 Å². The van der Waals surface area contributed by atoms with Crippen LogP contribution in [0.25, 0.3) is 0 Å². The molecule has 0 bridgehead atoms. The van der Waals surface area contributed by atoms with Crippen molar-refractivity contribution in [2.24, 2.45) is 16.3 Å². The molecule has 2 unspecified atom stereocenters. The van der Waals surface area contributed by atoms with E-state index in [0.29, 0.717) is 29.5 Å². The predicted octanol–water partition coefficient (Wildman–Crippen LogP) is 2.04. The van der Waals surface area contributed by atoms with Gasteiger partial charge in [0, 0.05) is 37.7 Å². The van der Waals surface area contributed by atoms with E-state index in [9.17, 15) is 8.42 Å². The van der Waals surface area contributed by atoms with E-state index in [0.717, 1.165) is 45.1 Å². The van der Waals surface area contributed by atoms with Gasteiger partial charge in [-0.05, 0) is 50.9 Å². The van der Waals surface area contributed by atoms with Crippen molar-refractivity contribution in [2.75, 3.05) is 44.4 Å². The van der Waals surface area contributed by atoms with Gasteiger partial charge in [-0.1, -0.05) is 0 Å². The van der Waals surface area contributed by atoms with Crippen molar-refractivity contribution in [3.05, 3.63) is 0 Å². The van der Waals surface area contributed by atoms with Crippen LogP contribution in [0.15, 0.2) is 4.99 Å². The van der Waals surface area contributed by atoms with Crippen LogP contribution in [0, 0.1) is 11.3 Å². The van der Waals surface area contributed by atoms with Gasteiger partial charge in [0.2, 0.25) is 0 Å². The molecule has 150 valence electrons. The van der Waals surface area contributed by atoms with Gasteiger partial charge in [0.25, 0.3) is 0 Å². The average Bonchev–Trinajstić information content (AvgIpc) is 3.34. The molecule has 8 heteroatoms. The van der Waals surface area contributed by atoms with Gasteiger partial charge < -0.3 is 15.0 Å². The van der Waals surface area contributed by atoms with Crippen LogP contribution < -0.4 is 5.32 Å². The highest BCUT2D eigenvalue weighted by Gasteiger charge is 2.39. The van der Waals surface area contributed by atoms with E-state index in [1.807, 2.05) is 0 Å². The number of aliphatic imine (C=N–C) groups is 1. The van der Waals surface area contributed by atoms with Crippen molar-refractivity contribution in [3.8, 4) is 0 Å². The van der Waals surface area contributed by atoms with Crippen LogP contribution in [-0.4, -0.2) is 69.7 Å². The summed E-state index contributed by atoms with van der Waals surface area (Å²) in [5.41, 5.74) is 0.291. The van der Waals surface area contributed by atoms with E-state index < -0.39 is 9.84 Å². The van der Waals surface area contributed by atoms with Gasteiger partial charge >= 0.3 is 0 Å². The lowest BCUT2D eigenvalue weighted by molar-refractivity contribution is -0.0370. The molecule has 0 aromatic carbocycles. The Hall–Kier alpha value is -0.0900. The molecule has 4 aliphatic rings. The fourth-order valence-corrected chi connectivity index (χ4v) is 6.35. The molecule has 2 atom stereocenters. The molecule has 1 saturated carbocycles. The number of guanidine groups is 1. The number of hydrogen-bond acceptors (Lipinski definition) is 4. The Kier molecular flexibility index (Phi) is 6.75. The molecule has 4 fully saturated rings. The van der Waals surface area contributed by atoms with Crippen LogP contribution >= 0.6 is 24.0 Å². The van der Waals surface area contributed by atoms with Crippen LogP contribution in [-0.2, 0) is 14.6 Å². The van der Waals surface area contributed by atoms with Crippen molar-refractivity contribution < 1.29 is 13.2 Å². The predicted molar refractivity (Wildman–Crippen MR) is 114 cm³/mol. The quantitative estimate of drug-likeness (QED) is 0.367. The number of nitrogens with one attached hydrogen (secondary N) is 1. The highest BCUT2D eigenvalue weighted by atomic mass is 127. The molecule has 3 heterocycles. The van der Waals surface area contributed by atoms with Crippen LogP contribution in [0.4, 0.5) is 0 Å². The van der Waals surface area contributed by atoms with E-state index >= 15 is 0 Å². The molecule has 0 aromatic heterocycles. The summed E-state index contributed by atoms with van der Waals surface area (Å²) in [6.07, 6.45) is 8.06. The Morgan fingerprint density at radius 1 is 1.23 bits per heavy atom. The zero-order valence-corrected chi connectivity index (χ0v) is 18.6. The third-order valence-corrected chi connectivity index (χ3v) is 7.94. The lowest BCUT2D eigenvalue weighted by Gasteiger charge is -2.45. The third kappa shape index (κ3) is 5.25. The maximum Gasteiger partial charge on any atom is 0.194 e. The number of halogens is 1. The Morgan fingerprint density at radius 2 is 2.04 bits per heavy atom. The molecule has 3 aliphatic heterocycles. The summed E-state index contributed by atoms with van der Waals surface area (Å²) in [6.45, 7) is 4.48. The van der Waals surface area contributed by atoms with Gasteiger partial charge in [-0.25, -0.2) is 8.42 Å². The van der Waals surface area contributed by atoms with Gasteiger partial charge in [0.05, 0.1) is 18.1 Å². The number of sulfone groups is 1. The second-order valence-electron chi connectivity index (χ2n) is 8.53. The Labute approximate surface area is 174 Å². The number of piperidine rings is 1. The maximum absolute atomic E-state index is 11.7. The van der Waals surface area contributed by atoms with Crippen LogP contribution in [0.1, 0.15) is 44.9 Å². The van der Waals surface area contributed by atoms with Crippen molar-refractivity contribution >= 4 is 39.8 Å². The zero-order valence-electron chi connectivity index (χ0n) is 15.5. The van der Waals surface area contributed by atoms with Crippen LogP contribution in [0.5, 0.6) is 0 Å². The van der Waals surface area contributed by atoms with Crippen LogP contribution in [0.3, 0.4) is 0 Å². The minimum Gasteiger partial charge on any atom is -0.381 e. The van der Waals surface area contributed by atoms with Crippen molar-refractivity contribution in [3.63, 3.8) is 0 Å². The molecule has 0 radical (unpaired) electrons. The molecule has 0 aromatic rings. The lowest BCUT2D eigenvalue weighted by atomic mass is 9.76. The van der Waals surface area contributed by atoms with Crippen molar-refractivity contribution in [1.29, 1.82) is 0 Å². The Bertz CT molecular complexity index is 610. The smallest absolute Gasteiger partial charge is 0.194 e. The first-order valence-electron chi connectivity index (χ1n) is 9.88. The Balaban J connectivity index is 0.00000196. The summed E-state index contributed by atoms with van der Waals surface area (Å²) >= 11 is 0. The normalized spacial score (nSPS) is 34.5. The highest BCUT2D eigenvalue weighted by Crippen LogP contribution is 2.37. The highest BCUT2D eigenvalue weighted by molar-refractivity contribution is 14.0. The first kappa shape index (κ1) is 20.6. The molecule has 1 N–H and O–H groups in total. The van der Waals surface area contributed by atoms with Gasteiger partial charge in [-0.3, -0.25) is 4.99 Å². The monoisotopic (exact) mass is 497 g/mol. The summed E-state index contributed by atoms with van der Waals surface area (Å²) in [5, 5.41) is 3.61. The van der Waals surface area contributed by atoms with Crippen LogP contribution in [0.2, 0.25) is 0 Å². The fraction of sp³-hybridized carbons (Fsp3) is 0.944. The van der Waals surface area contributed by atoms with Crippen molar-refractivity contribution in [1.82, 2.24) is 10.2 Å². The summed E-state index contributed by atoms with van der Waals surface area (Å²) in [4.78, 5) is 7.30. The number of likely N-dealkylation sites (tertiary alicyclic amines) is 1. The Morgan fingerprint density at radius 3 is 2.69 bits per heavy atom. The summed E-state index contributed by atoms with van der Waals surface area (Å²) in [6, 6.07) is 0.562. The number of rotatable bonds is 3. The standard InChI is InChI=1S/C18H31N3O3S.HI/c22-25(23)10-5-15(12-25)11-19-17(20-16-3-4-16)21-8-1-6-18(13-21)7-2-9-24-14-18;/h15-16H,1-14H2,(H,19,20);1H. The molecular weight excluding hydrogens is 465 g/mol. The molecular formula is C18H32IN3O3S. The number of ether oxygens (including phenoxy) is 1. The van der Waals surface area contributed by atoms with Gasteiger partial charge in [0.15, 0.2) is 15.8 Å². The number of hydrogen-bond donors (Lipinski definition) is 1. The summed E-state index contributed by atoms with van der Waals surface area (Å²) < 4.78 is 29.2. The van der Waals surface area contributed by atoms with E-state index in [-0.39, 0.29) is 29.9 Å². The SMILES string of the molecule is I.O=S1(=O)CCC(CN=C(NC2CC2)N2CCCC3(CCCOC3)C2)C1. The molecule has 26 heavy (non-hydrogen) atoms. The van der Waals surface area contributed by atoms with Gasteiger partial charge in [-0.15, -0.1) is 24.0 Å². The topological polar surface area (TPSA) is 71.0 Å². The van der Waals surface area contributed by atoms with Gasteiger partial charge in [0.1, 0.15) is 0 Å². The summed E-state index contributed by atoms with van der Waals surface area (Å²) in [5.74, 6) is 1.85. The lowest BCUT2D eigenvalue weighted by Crippen LogP contribution is -2.53. The molecule has 0 amide bonds. The average molecular weight is 497 g/mol. The molecule has 4 rings (SSSR count). The zero-order chi connectivity index (χ0) is 17.3. The van der Waals surface area contributed by atoms with E-state index in [2.05, 4.69) is 10.2 Å². The minimum absolute atomic E-state index is 0. The minimum atomic E-state index is -2.82. The van der Waals surface area contributed by atoms with E-state index in [1.54, 1.807) is 0 Å². The maximum atomic E-state index is 11.7. The molecule has 6 nitrogen and oxygen atoms in total. The second-order valence-corrected chi connectivity index (χ2v) is 10.8. The molecule has 3 saturated heterocycles. The third-order valence-electron chi connectivity index (χ3n) is 6.10. The van der Waals surface area contributed by atoms with Gasteiger partial charge in [-0.2, -0.15) is 0 Å². The first-order valence-corrected chi connectivity index (χ1v) is 11.7. The van der Waals surface area contributed by atoms with Crippen molar-refractivity contribution in [2.45, 2.75) is 51.0 Å². The van der Waals surface area contributed by atoms with E-state index in [4.69, 9.17) is 9.73 Å². The number of nitrogens with zero attached hydrogens (tertiary/aromatic N) is 2. The molecule has 1 spiro atoms. The first-order chi connectivity index (χ1) is 12.0. The second kappa shape index (κ2) is 8.51. The largest absolute Gasteiger partial charge is 0.381 e.